The van der Waals surface area contributed by atoms with E-state index in [1.54, 1.807) is 16.4 Å². The lowest BCUT2D eigenvalue weighted by atomic mass is 9.98. The highest BCUT2D eigenvalue weighted by atomic mass is 79.9. The van der Waals surface area contributed by atoms with Gasteiger partial charge >= 0.3 is 0 Å². The number of thiophene rings is 1. The van der Waals surface area contributed by atoms with Crippen LogP contribution in [0.3, 0.4) is 0 Å². The van der Waals surface area contributed by atoms with Gasteiger partial charge in [0.2, 0.25) is 6.79 Å². The molecular weight excluding hydrogens is 402 g/mol. The van der Waals surface area contributed by atoms with Gasteiger partial charge in [0.25, 0.3) is 10.0 Å². The summed E-state index contributed by atoms with van der Waals surface area (Å²) >= 11 is 4.57. The molecule has 8 heteroatoms. The first kappa shape index (κ1) is 15.4. The molecule has 0 aliphatic carbocycles. The molecule has 2 aliphatic rings. The zero-order chi connectivity index (χ0) is 16.0. The largest absolute Gasteiger partial charge is 0.454 e. The van der Waals surface area contributed by atoms with E-state index in [1.807, 2.05) is 18.2 Å². The van der Waals surface area contributed by atoms with Gasteiger partial charge in [0.15, 0.2) is 11.5 Å². The second-order valence-electron chi connectivity index (χ2n) is 5.52. The van der Waals surface area contributed by atoms with Crippen LogP contribution in [-0.2, 0) is 10.0 Å². The highest BCUT2D eigenvalue weighted by Crippen LogP contribution is 2.38. The van der Waals surface area contributed by atoms with Crippen LogP contribution >= 0.6 is 27.3 Å². The predicted molar refractivity (Wildman–Crippen MR) is 90.7 cm³/mol. The Balaban J connectivity index is 1.55. The third-order valence-electron chi connectivity index (χ3n) is 4.16. The molecule has 0 amide bonds. The Labute approximate surface area is 147 Å². The summed E-state index contributed by atoms with van der Waals surface area (Å²) in [5, 5.41) is 0. The number of halogens is 1. The molecule has 0 spiro atoms. The number of rotatable bonds is 3. The van der Waals surface area contributed by atoms with Crippen molar-refractivity contribution in [2.45, 2.75) is 16.5 Å². The van der Waals surface area contributed by atoms with E-state index in [0.717, 1.165) is 27.3 Å². The molecule has 0 bridgehead atoms. The minimum absolute atomic E-state index is 0.183. The van der Waals surface area contributed by atoms with Crippen LogP contribution in [0.2, 0.25) is 0 Å². The zero-order valence-corrected chi connectivity index (χ0v) is 15.3. The summed E-state index contributed by atoms with van der Waals surface area (Å²) in [6.07, 6.45) is 0.811. The first-order chi connectivity index (χ1) is 11.0. The zero-order valence-electron chi connectivity index (χ0n) is 12.1. The summed E-state index contributed by atoms with van der Waals surface area (Å²) in [5.74, 6) is 1.67. The molecule has 1 aromatic carbocycles. The minimum atomic E-state index is -3.40. The molecule has 0 N–H and O–H groups in total. The summed E-state index contributed by atoms with van der Waals surface area (Å²) in [6.45, 7) is 1.28. The second kappa shape index (κ2) is 5.77. The smallest absolute Gasteiger partial charge is 0.252 e. The Morgan fingerprint density at radius 3 is 2.78 bits per heavy atom. The van der Waals surface area contributed by atoms with Crippen LogP contribution in [0.1, 0.15) is 17.9 Å². The lowest BCUT2D eigenvalue weighted by Gasteiger charge is -2.15. The van der Waals surface area contributed by atoms with Crippen LogP contribution in [0.15, 0.2) is 38.3 Å². The van der Waals surface area contributed by atoms with Crippen molar-refractivity contribution in [2.24, 2.45) is 0 Å². The van der Waals surface area contributed by atoms with E-state index in [0.29, 0.717) is 17.3 Å². The fourth-order valence-corrected chi connectivity index (χ4v) is 6.61. The summed E-state index contributed by atoms with van der Waals surface area (Å²) < 4.78 is 38.9. The topological polar surface area (TPSA) is 55.8 Å². The molecule has 1 saturated heterocycles. The van der Waals surface area contributed by atoms with E-state index in [4.69, 9.17) is 9.47 Å². The van der Waals surface area contributed by atoms with Gasteiger partial charge in [0, 0.05) is 13.1 Å². The molecule has 5 nitrogen and oxygen atoms in total. The number of nitrogens with zero attached hydrogens (tertiary/aromatic N) is 1. The molecular formula is C15H14BrNO4S2. The summed E-state index contributed by atoms with van der Waals surface area (Å²) in [5.41, 5.74) is 1.10. The average molecular weight is 416 g/mol. The highest BCUT2D eigenvalue weighted by Gasteiger charge is 2.34. The Morgan fingerprint density at radius 2 is 2.00 bits per heavy atom. The number of ether oxygens (including phenoxy) is 2. The molecule has 23 heavy (non-hydrogen) atoms. The summed E-state index contributed by atoms with van der Waals surface area (Å²) in [6, 6.07) is 9.27. The summed E-state index contributed by atoms with van der Waals surface area (Å²) in [4.78, 5) is 0. The van der Waals surface area contributed by atoms with E-state index in [2.05, 4.69) is 15.9 Å². The van der Waals surface area contributed by atoms with Crippen molar-refractivity contribution in [1.29, 1.82) is 0 Å². The highest BCUT2D eigenvalue weighted by molar-refractivity contribution is 9.11. The van der Waals surface area contributed by atoms with Crippen molar-refractivity contribution in [2.75, 3.05) is 19.9 Å². The van der Waals surface area contributed by atoms with E-state index in [-0.39, 0.29) is 12.7 Å². The molecule has 1 fully saturated rings. The predicted octanol–water partition coefficient (Wildman–Crippen LogP) is 3.42. The number of hydrogen-bond donors (Lipinski definition) is 0. The monoisotopic (exact) mass is 415 g/mol. The standard InChI is InChI=1S/C15H14BrNO4S2/c16-14-3-4-15(22-14)23(18,19)17-6-5-11(8-17)10-1-2-12-13(7-10)21-9-20-12/h1-4,7,11H,5-6,8-9H2/t11-/m0/s1. The number of fused-ring (bicyclic) bond motifs is 1. The normalized spacial score (nSPS) is 21.0. The molecule has 0 saturated carbocycles. The molecule has 1 aromatic heterocycles. The lowest BCUT2D eigenvalue weighted by molar-refractivity contribution is 0.174. The Hall–Kier alpha value is -1.09. The van der Waals surface area contributed by atoms with Gasteiger partial charge < -0.3 is 9.47 Å². The molecule has 2 aliphatic heterocycles. The summed E-state index contributed by atoms with van der Waals surface area (Å²) in [7, 11) is -3.40. The maximum atomic E-state index is 12.7. The van der Waals surface area contributed by atoms with Crippen molar-refractivity contribution < 1.29 is 17.9 Å². The van der Waals surface area contributed by atoms with Crippen LogP contribution in [0.4, 0.5) is 0 Å². The number of hydrogen-bond acceptors (Lipinski definition) is 5. The van der Waals surface area contributed by atoms with Crippen molar-refractivity contribution in [3.63, 3.8) is 0 Å². The van der Waals surface area contributed by atoms with Gasteiger partial charge in [0.1, 0.15) is 4.21 Å². The van der Waals surface area contributed by atoms with Gasteiger partial charge in [-0.15, -0.1) is 11.3 Å². The van der Waals surface area contributed by atoms with Gasteiger partial charge in [-0.25, -0.2) is 8.42 Å². The van der Waals surface area contributed by atoms with E-state index < -0.39 is 10.0 Å². The van der Waals surface area contributed by atoms with Crippen LogP contribution in [0.25, 0.3) is 0 Å². The molecule has 2 aromatic rings. The second-order valence-corrected chi connectivity index (χ2v) is 10.1. The van der Waals surface area contributed by atoms with Crippen LogP contribution in [0, 0.1) is 0 Å². The van der Waals surface area contributed by atoms with E-state index in [1.165, 1.54) is 11.3 Å². The average Bonchev–Trinajstić information content (AvgIpc) is 3.26. The molecule has 0 unspecified atom stereocenters. The maximum Gasteiger partial charge on any atom is 0.252 e. The van der Waals surface area contributed by atoms with Crippen molar-refractivity contribution >= 4 is 37.3 Å². The van der Waals surface area contributed by atoms with Crippen LogP contribution < -0.4 is 9.47 Å². The Morgan fingerprint density at radius 1 is 1.17 bits per heavy atom. The van der Waals surface area contributed by atoms with Gasteiger partial charge in [-0.2, -0.15) is 4.31 Å². The fourth-order valence-electron chi connectivity index (χ4n) is 2.95. The molecule has 3 heterocycles. The molecule has 122 valence electrons. The first-order valence-corrected chi connectivity index (χ1v) is 10.2. The molecule has 0 radical (unpaired) electrons. The van der Waals surface area contributed by atoms with Crippen LogP contribution in [0.5, 0.6) is 11.5 Å². The van der Waals surface area contributed by atoms with Gasteiger partial charge in [-0.05, 0) is 58.1 Å². The van der Waals surface area contributed by atoms with E-state index >= 15 is 0 Å². The van der Waals surface area contributed by atoms with Crippen LogP contribution in [-0.4, -0.2) is 32.6 Å². The fraction of sp³-hybridized carbons (Fsp3) is 0.333. The van der Waals surface area contributed by atoms with Crippen molar-refractivity contribution in [3.8, 4) is 11.5 Å². The van der Waals surface area contributed by atoms with Gasteiger partial charge in [-0.1, -0.05) is 6.07 Å². The van der Waals surface area contributed by atoms with Gasteiger partial charge in [-0.3, -0.25) is 0 Å². The van der Waals surface area contributed by atoms with Gasteiger partial charge in [0.05, 0.1) is 3.79 Å². The maximum absolute atomic E-state index is 12.7. The number of sulfonamides is 1. The third kappa shape index (κ3) is 2.77. The Kier molecular flexibility index (Phi) is 3.87. The SMILES string of the molecule is O=S(=O)(c1ccc(Br)s1)N1CC[C@H](c2ccc3c(c2)OCO3)C1. The third-order valence-corrected chi connectivity index (χ3v) is 8.12. The van der Waals surface area contributed by atoms with Crippen molar-refractivity contribution in [1.82, 2.24) is 4.31 Å². The number of benzene rings is 1. The molecule has 4 rings (SSSR count). The Bertz CT molecular complexity index is 849. The molecule has 1 atom stereocenters. The van der Waals surface area contributed by atoms with E-state index in [9.17, 15) is 8.42 Å². The van der Waals surface area contributed by atoms with Crippen molar-refractivity contribution in [3.05, 3.63) is 39.7 Å². The lowest BCUT2D eigenvalue weighted by Crippen LogP contribution is -2.28. The first-order valence-electron chi connectivity index (χ1n) is 7.19. The minimum Gasteiger partial charge on any atom is -0.454 e. The quantitative estimate of drug-likeness (QED) is 0.770.